The molecule has 1 fully saturated rings. The first-order chi connectivity index (χ1) is 21.3. The zero-order valence-electron chi connectivity index (χ0n) is 25.0. The molecular formula is C36H37ClN4O3. The van der Waals surface area contributed by atoms with Crippen LogP contribution in [0.25, 0.3) is 10.9 Å². The summed E-state index contributed by atoms with van der Waals surface area (Å²) in [6.07, 6.45) is 0.755. The summed E-state index contributed by atoms with van der Waals surface area (Å²) in [5.41, 5.74) is 5.53. The summed E-state index contributed by atoms with van der Waals surface area (Å²) in [4.78, 5) is 24.3. The van der Waals surface area contributed by atoms with E-state index in [1.807, 2.05) is 85.7 Å². The average Bonchev–Trinajstić information content (AvgIpc) is 3.40. The van der Waals surface area contributed by atoms with Gasteiger partial charge in [-0.3, -0.25) is 4.79 Å². The predicted molar refractivity (Wildman–Crippen MR) is 177 cm³/mol. The SMILES string of the molecule is CN(C)CCc1c(C(=O)N2CCN(c3ccccc3Cl)C(C(c3ccc(O)cc3)c3ccc(O)cc3)C2)[nH]c2ccccc12. The molecule has 5 aromatic rings. The molecule has 1 atom stereocenters. The highest BCUT2D eigenvalue weighted by Crippen LogP contribution is 2.39. The van der Waals surface area contributed by atoms with E-state index in [1.165, 1.54) is 0 Å². The van der Waals surface area contributed by atoms with Gasteiger partial charge < -0.3 is 29.9 Å². The number of H-pyrrole nitrogens is 1. The number of phenols is 2. The summed E-state index contributed by atoms with van der Waals surface area (Å²) in [5.74, 6) is 0.157. The fraction of sp³-hybridized carbons (Fsp3) is 0.250. The molecule has 4 aromatic carbocycles. The van der Waals surface area contributed by atoms with Crippen molar-refractivity contribution in [3.05, 3.63) is 124 Å². The van der Waals surface area contributed by atoms with E-state index in [0.717, 1.165) is 46.2 Å². The minimum Gasteiger partial charge on any atom is -0.508 e. The van der Waals surface area contributed by atoms with Crippen LogP contribution in [0, 0.1) is 0 Å². The van der Waals surface area contributed by atoms with Crippen LogP contribution in [0.15, 0.2) is 97.1 Å². The van der Waals surface area contributed by atoms with Gasteiger partial charge in [0, 0.05) is 43.0 Å². The van der Waals surface area contributed by atoms with Crippen molar-refractivity contribution in [3.63, 3.8) is 0 Å². The largest absolute Gasteiger partial charge is 0.508 e. The van der Waals surface area contributed by atoms with E-state index >= 15 is 0 Å². The van der Waals surface area contributed by atoms with Crippen molar-refractivity contribution < 1.29 is 15.0 Å². The molecule has 1 aromatic heterocycles. The Morgan fingerprint density at radius 1 is 0.886 bits per heavy atom. The van der Waals surface area contributed by atoms with E-state index in [-0.39, 0.29) is 29.4 Å². The van der Waals surface area contributed by atoms with Crippen molar-refractivity contribution in [2.24, 2.45) is 0 Å². The van der Waals surface area contributed by atoms with E-state index < -0.39 is 0 Å². The van der Waals surface area contributed by atoms with E-state index in [2.05, 4.69) is 20.9 Å². The van der Waals surface area contributed by atoms with Crippen molar-refractivity contribution in [3.8, 4) is 11.5 Å². The fourth-order valence-electron chi connectivity index (χ4n) is 6.40. The van der Waals surface area contributed by atoms with Crippen LogP contribution >= 0.6 is 11.6 Å². The lowest BCUT2D eigenvalue weighted by Gasteiger charge is -2.46. The third-order valence-corrected chi connectivity index (χ3v) is 8.91. The Morgan fingerprint density at radius 2 is 1.50 bits per heavy atom. The van der Waals surface area contributed by atoms with Gasteiger partial charge in [0.25, 0.3) is 5.91 Å². The first kappa shape index (κ1) is 29.6. The second-order valence-corrected chi connectivity index (χ2v) is 12.1. The molecule has 7 nitrogen and oxygen atoms in total. The van der Waals surface area contributed by atoms with Crippen LogP contribution < -0.4 is 4.90 Å². The maximum Gasteiger partial charge on any atom is 0.270 e. The molecule has 0 saturated carbocycles. The van der Waals surface area contributed by atoms with Gasteiger partial charge >= 0.3 is 0 Å². The van der Waals surface area contributed by atoms with Gasteiger partial charge in [-0.05, 0) is 79.7 Å². The van der Waals surface area contributed by atoms with E-state index in [9.17, 15) is 15.0 Å². The van der Waals surface area contributed by atoms with Gasteiger partial charge in [-0.2, -0.15) is 0 Å². The number of nitrogens with zero attached hydrogens (tertiary/aromatic N) is 3. The number of aromatic hydroxyl groups is 2. The van der Waals surface area contributed by atoms with Gasteiger partial charge in [0.15, 0.2) is 0 Å². The zero-order valence-corrected chi connectivity index (χ0v) is 25.7. The Hall–Kier alpha value is -4.46. The number of hydrogen-bond donors (Lipinski definition) is 3. The number of aromatic amines is 1. The number of halogens is 1. The molecule has 1 amide bonds. The van der Waals surface area contributed by atoms with Crippen molar-refractivity contribution in [1.82, 2.24) is 14.8 Å². The summed E-state index contributed by atoms with van der Waals surface area (Å²) in [6.45, 7) is 2.38. The number of amides is 1. The molecule has 226 valence electrons. The summed E-state index contributed by atoms with van der Waals surface area (Å²) < 4.78 is 0. The Labute approximate surface area is 262 Å². The molecule has 8 heteroatoms. The highest BCUT2D eigenvalue weighted by Gasteiger charge is 2.38. The fourth-order valence-corrected chi connectivity index (χ4v) is 6.64. The number of para-hydroxylation sites is 2. The Morgan fingerprint density at radius 3 is 2.14 bits per heavy atom. The highest BCUT2D eigenvalue weighted by atomic mass is 35.5. The molecule has 1 aliphatic heterocycles. The molecule has 44 heavy (non-hydrogen) atoms. The van der Waals surface area contributed by atoms with E-state index in [1.54, 1.807) is 24.3 Å². The summed E-state index contributed by atoms with van der Waals surface area (Å²) in [7, 11) is 4.09. The number of piperazine rings is 1. The number of nitrogens with one attached hydrogen (secondary N) is 1. The molecule has 0 bridgehead atoms. The first-order valence-corrected chi connectivity index (χ1v) is 15.3. The molecule has 2 heterocycles. The van der Waals surface area contributed by atoms with Crippen LogP contribution in [0.2, 0.25) is 5.02 Å². The number of carbonyl (C=O) groups excluding carboxylic acids is 1. The van der Waals surface area contributed by atoms with Gasteiger partial charge in [0.2, 0.25) is 0 Å². The van der Waals surface area contributed by atoms with Crippen molar-refractivity contribution in [2.45, 2.75) is 18.4 Å². The Balaban J connectivity index is 1.43. The lowest BCUT2D eigenvalue weighted by molar-refractivity contribution is 0.0711. The van der Waals surface area contributed by atoms with Crippen LogP contribution in [-0.4, -0.2) is 77.2 Å². The summed E-state index contributed by atoms with van der Waals surface area (Å²) in [6, 6.07) is 30.2. The third-order valence-electron chi connectivity index (χ3n) is 8.59. The highest BCUT2D eigenvalue weighted by molar-refractivity contribution is 6.33. The Kier molecular flexibility index (Phi) is 8.51. The predicted octanol–water partition coefficient (Wildman–Crippen LogP) is 6.50. The van der Waals surface area contributed by atoms with Crippen molar-refractivity contribution in [1.29, 1.82) is 0 Å². The first-order valence-electron chi connectivity index (χ1n) is 14.9. The minimum absolute atomic E-state index is 0.0195. The zero-order chi connectivity index (χ0) is 30.8. The topological polar surface area (TPSA) is 83.0 Å². The molecule has 0 spiro atoms. The number of likely N-dealkylation sites (N-methyl/N-ethyl adjacent to an activating group) is 1. The standard InChI is InChI=1S/C36H37ClN4O3/c1-39(2)20-19-29-28-7-3-5-9-31(28)38-35(29)36(44)40-21-22-41(32-10-6-4-8-30(32)37)33(23-40)34(24-11-15-26(42)16-12-24)25-13-17-27(43)18-14-25/h3-18,33-34,38,42-43H,19-23H2,1-2H3. The van der Waals surface area contributed by atoms with Crippen molar-refractivity contribution in [2.75, 3.05) is 45.2 Å². The van der Waals surface area contributed by atoms with Gasteiger partial charge in [0.05, 0.1) is 16.8 Å². The molecule has 6 rings (SSSR count). The normalized spacial score (nSPS) is 15.4. The van der Waals surface area contributed by atoms with Crippen LogP contribution in [0.5, 0.6) is 11.5 Å². The maximum absolute atomic E-state index is 14.4. The number of anilines is 1. The molecule has 1 aliphatic rings. The van der Waals surface area contributed by atoms with Gasteiger partial charge in [-0.25, -0.2) is 0 Å². The van der Waals surface area contributed by atoms with Crippen molar-refractivity contribution >= 4 is 34.1 Å². The van der Waals surface area contributed by atoms with E-state index in [4.69, 9.17) is 11.6 Å². The molecular weight excluding hydrogens is 572 g/mol. The van der Waals surface area contributed by atoms with Gasteiger partial charge in [-0.15, -0.1) is 0 Å². The molecule has 3 N–H and O–H groups in total. The van der Waals surface area contributed by atoms with Crippen LogP contribution in [0.4, 0.5) is 5.69 Å². The maximum atomic E-state index is 14.4. The molecule has 0 aliphatic carbocycles. The number of phenolic OH excluding ortho intramolecular Hbond substituents is 2. The quantitative estimate of drug-likeness (QED) is 0.187. The van der Waals surface area contributed by atoms with Gasteiger partial charge in [0.1, 0.15) is 17.2 Å². The number of benzene rings is 4. The number of carbonyl (C=O) groups is 1. The smallest absolute Gasteiger partial charge is 0.270 e. The third kappa shape index (κ3) is 5.98. The van der Waals surface area contributed by atoms with Gasteiger partial charge in [-0.1, -0.05) is 66.2 Å². The monoisotopic (exact) mass is 608 g/mol. The average molecular weight is 609 g/mol. The van der Waals surface area contributed by atoms with Crippen LogP contribution in [0.1, 0.15) is 33.1 Å². The Bertz CT molecular complexity index is 1700. The van der Waals surface area contributed by atoms with Crippen LogP contribution in [-0.2, 0) is 6.42 Å². The molecule has 1 unspecified atom stereocenters. The second kappa shape index (κ2) is 12.6. The lowest BCUT2D eigenvalue weighted by atomic mass is 9.82. The number of fused-ring (bicyclic) bond motifs is 1. The minimum atomic E-state index is -0.198. The second-order valence-electron chi connectivity index (χ2n) is 11.7. The van der Waals surface area contributed by atoms with Crippen LogP contribution in [0.3, 0.4) is 0 Å². The summed E-state index contributed by atoms with van der Waals surface area (Å²) >= 11 is 6.78. The lowest BCUT2D eigenvalue weighted by Crippen LogP contribution is -2.57. The van der Waals surface area contributed by atoms with E-state index in [0.29, 0.717) is 30.4 Å². The number of aromatic nitrogens is 1. The summed E-state index contributed by atoms with van der Waals surface area (Å²) in [5, 5.41) is 21.9. The molecule has 1 saturated heterocycles. The molecule has 0 radical (unpaired) electrons. The number of hydrogen-bond acceptors (Lipinski definition) is 5. The number of rotatable bonds is 8.